The Kier molecular flexibility index (Phi) is 11.3. The first kappa shape index (κ1) is 38.2. The zero-order chi connectivity index (χ0) is 38.9. The van der Waals surface area contributed by atoms with Gasteiger partial charge in [-0.05, 0) is 72.9 Å². The fourth-order valence-corrected chi connectivity index (χ4v) is 11.5. The summed E-state index contributed by atoms with van der Waals surface area (Å²) in [6.45, 7) is 10.3. The van der Waals surface area contributed by atoms with Crippen molar-refractivity contribution in [2.45, 2.75) is 71.0 Å². The number of aromatic nitrogens is 4. The highest BCUT2D eigenvalue weighted by Gasteiger charge is 2.27. The van der Waals surface area contributed by atoms with Gasteiger partial charge in [-0.1, -0.05) is 11.6 Å². The molecule has 0 saturated carbocycles. The molecule has 298 valence electrons. The first-order valence-electron chi connectivity index (χ1n) is 20.1. The highest BCUT2D eigenvalue weighted by atomic mass is 35.5. The fraction of sp³-hybridized carbons (Fsp3) is 0.488. The number of ether oxygens (including phenoxy) is 1. The van der Waals surface area contributed by atoms with Gasteiger partial charge in [0, 0.05) is 94.3 Å². The zero-order valence-corrected chi connectivity index (χ0v) is 34.7. The second-order valence-corrected chi connectivity index (χ2v) is 17.9. The van der Waals surface area contributed by atoms with E-state index in [4.69, 9.17) is 16.3 Å². The Hall–Kier alpha value is -4.28. The monoisotopic (exact) mass is 826 g/mol. The maximum atomic E-state index is 11.9. The van der Waals surface area contributed by atoms with Crippen LogP contribution < -0.4 is 10.1 Å². The van der Waals surface area contributed by atoms with Gasteiger partial charge in [-0.3, -0.25) is 24.4 Å². The van der Waals surface area contributed by atoms with Crippen molar-refractivity contribution in [1.29, 1.82) is 0 Å². The largest absolute Gasteiger partial charge is 0.495 e. The number of anilines is 2. The lowest BCUT2D eigenvalue weighted by Crippen LogP contribution is -2.33. The zero-order valence-electron chi connectivity index (χ0n) is 32.3. The highest BCUT2D eigenvalue weighted by molar-refractivity contribution is 7.19. The summed E-state index contributed by atoms with van der Waals surface area (Å²) >= 11 is 9.75. The van der Waals surface area contributed by atoms with E-state index in [9.17, 15) is 9.59 Å². The number of thiophene rings is 2. The third-order valence-corrected chi connectivity index (χ3v) is 14.3. The Balaban J connectivity index is 0.000000160. The highest BCUT2D eigenvalue weighted by Crippen LogP contribution is 2.40. The molecule has 1 aromatic carbocycles. The van der Waals surface area contributed by atoms with Crippen LogP contribution in [0.25, 0.3) is 20.4 Å². The van der Waals surface area contributed by atoms with Gasteiger partial charge in [-0.25, -0.2) is 19.9 Å². The molecular weight excluding hydrogens is 780 g/mol. The Morgan fingerprint density at radius 2 is 1.37 bits per heavy atom. The van der Waals surface area contributed by atoms with Crippen molar-refractivity contribution in [3.8, 4) is 5.75 Å². The second-order valence-electron chi connectivity index (χ2n) is 15.3. The third-order valence-electron chi connectivity index (χ3n) is 11.7. The lowest BCUT2D eigenvalue weighted by Gasteiger charge is -2.27. The van der Waals surface area contributed by atoms with E-state index in [0.717, 1.165) is 160 Å². The maximum Gasteiger partial charge on any atom is 0.222 e. The number of carbonyl (C=O) groups is 2. The topological polar surface area (TPSA) is 132 Å². The number of hydrogen-bond acceptors (Lipinski definition) is 13. The van der Waals surface area contributed by atoms with Gasteiger partial charge >= 0.3 is 0 Å². The van der Waals surface area contributed by atoms with Gasteiger partial charge in [0.25, 0.3) is 0 Å². The lowest BCUT2D eigenvalue weighted by molar-refractivity contribution is -0.128. The van der Waals surface area contributed by atoms with Gasteiger partial charge in [0.2, 0.25) is 11.8 Å². The first-order valence-corrected chi connectivity index (χ1v) is 22.1. The molecule has 2 amide bonds. The van der Waals surface area contributed by atoms with Gasteiger partial charge in [0.15, 0.2) is 0 Å². The molecule has 57 heavy (non-hydrogen) atoms. The number of rotatable bonds is 11. The smallest absolute Gasteiger partial charge is 0.222 e. The molecule has 0 bridgehead atoms. The molecule has 1 N–H and O–H groups in total. The predicted octanol–water partition coefficient (Wildman–Crippen LogP) is 6.46. The van der Waals surface area contributed by atoms with Crippen LogP contribution in [-0.4, -0.2) is 117 Å². The fourth-order valence-electron chi connectivity index (χ4n) is 8.78. The number of benzene rings is 1. The van der Waals surface area contributed by atoms with E-state index in [1.165, 1.54) is 32.8 Å². The number of hydrogen-bond donors (Lipinski definition) is 1. The van der Waals surface area contributed by atoms with E-state index in [2.05, 4.69) is 52.2 Å². The number of nitrogens with zero attached hydrogens (tertiary/aromatic N) is 9. The Morgan fingerprint density at radius 3 is 1.98 bits per heavy atom. The van der Waals surface area contributed by atoms with E-state index >= 15 is 0 Å². The van der Waals surface area contributed by atoms with Crippen molar-refractivity contribution in [3.63, 3.8) is 0 Å². The molecule has 5 aliphatic rings. The van der Waals surface area contributed by atoms with Crippen molar-refractivity contribution >= 4 is 84.2 Å². The van der Waals surface area contributed by atoms with Crippen LogP contribution in [0, 0.1) is 0 Å². The van der Waals surface area contributed by atoms with Crippen molar-refractivity contribution in [3.05, 3.63) is 61.9 Å². The summed E-state index contributed by atoms with van der Waals surface area (Å²) in [4.78, 5) is 59.3. The molecule has 2 fully saturated rings. The first-order chi connectivity index (χ1) is 27.9. The number of nitrogens with one attached hydrogen (secondary N) is 1. The third kappa shape index (κ3) is 8.09. The van der Waals surface area contributed by atoms with E-state index in [1.54, 1.807) is 36.1 Å². The number of methoxy groups -OCH3 is 1. The minimum Gasteiger partial charge on any atom is -0.495 e. The van der Waals surface area contributed by atoms with Crippen molar-refractivity contribution in [2.75, 3.05) is 64.8 Å². The van der Waals surface area contributed by atoms with Gasteiger partial charge in [0.1, 0.15) is 39.0 Å². The molecule has 5 aromatic rings. The Labute approximate surface area is 345 Å². The van der Waals surface area contributed by atoms with Gasteiger partial charge in [0.05, 0.1) is 30.1 Å². The number of carbonyl (C=O) groups excluding carboxylic acids is 2. The van der Waals surface area contributed by atoms with Gasteiger partial charge in [-0.15, -0.1) is 22.7 Å². The predicted molar refractivity (Wildman–Crippen MR) is 226 cm³/mol. The number of likely N-dealkylation sites (tertiary alicyclic amines) is 2. The summed E-state index contributed by atoms with van der Waals surface area (Å²) in [6, 6.07) is 4.14. The normalized spacial score (nSPS) is 18.0. The average Bonchev–Trinajstić information content (AvgIpc) is 4.06. The van der Waals surface area contributed by atoms with Crippen LogP contribution in [0.4, 0.5) is 11.5 Å². The van der Waals surface area contributed by atoms with Crippen LogP contribution in [0.15, 0.2) is 29.8 Å². The summed E-state index contributed by atoms with van der Waals surface area (Å²) in [5.41, 5.74) is 5.88. The number of halogens is 1. The maximum absolute atomic E-state index is 11.9. The van der Waals surface area contributed by atoms with Crippen LogP contribution in [-0.2, 0) is 42.1 Å². The van der Waals surface area contributed by atoms with Crippen molar-refractivity contribution < 1.29 is 14.3 Å². The molecule has 5 aliphatic heterocycles. The molecule has 0 unspecified atom stereocenters. The van der Waals surface area contributed by atoms with E-state index in [-0.39, 0.29) is 0 Å². The van der Waals surface area contributed by atoms with E-state index in [0.29, 0.717) is 23.5 Å². The molecule has 13 nitrogen and oxygen atoms in total. The van der Waals surface area contributed by atoms with Crippen molar-refractivity contribution in [1.82, 2.24) is 39.5 Å². The summed E-state index contributed by atoms with van der Waals surface area (Å²) in [7, 11) is 1.69. The lowest BCUT2D eigenvalue weighted by atomic mass is 10.0. The van der Waals surface area contributed by atoms with Crippen LogP contribution in [0.5, 0.6) is 5.75 Å². The van der Waals surface area contributed by atoms with Crippen molar-refractivity contribution in [2.24, 2.45) is 4.99 Å². The molecule has 0 radical (unpaired) electrons. The molecule has 9 heterocycles. The van der Waals surface area contributed by atoms with Crippen LogP contribution in [0.2, 0.25) is 5.15 Å². The van der Waals surface area contributed by atoms with E-state index < -0.39 is 0 Å². The average molecular weight is 827 g/mol. The molecule has 16 heteroatoms. The number of amides is 2. The van der Waals surface area contributed by atoms with Gasteiger partial charge in [-0.2, -0.15) is 0 Å². The number of fused-ring (bicyclic) bond motifs is 7. The Bertz CT molecular complexity index is 2350. The molecule has 10 rings (SSSR count). The summed E-state index contributed by atoms with van der Waals surface area (Å²) in [5.74, 6) is 2.26. The summed E-state index contributed by atoms with van der Waals surface area (Å²) in [5, 5.41) is 6.29. The molecule has 0 spiro atoms. The molecule has 0 aliphatic carbocycles. The van der Waals surface area contributed by atoms with E-state index in [1.807, 2.05) is 16.0 Å². The van der Waals surface area contributed by atoms with Crippen LogP contribution in [0.3, 0.4) is 0 Å². The second kappa shape index (κ2) is 16.9. The van der Waals surface area contributed by atoms with Crippen LogP contribution in [0.1, 0.15) is 70.5 Å². The molecule has 2 saturated heterocycles. The minimum atomic E-state index is 0.316. The molecule has 4 aromatic heterocycles. The quantitative estimate of drug-likeness (QED) is 0.148. The standard InChI is InChI=1S/C25H28N6O2S.C16H19ClN4OS/c1-33-20-11-17-13-26-12-16(17)10-19(20)29-24-23-18-5-9-30(6-3-8-31-7-2-4-22(31)32)14-21(18)34-25(23)28-15-27-24;17-15-14-11-4-8-20(5-2-7-21-6-1-3-13(21)22)9-12(11)23-16(14)19-10-18-15/h10-12,15H,2-9,13-14H2,1H3,(H,27,28,29);10H,1-9H2. The molecule has 0 atom stereocenters. The minimum absolute atomic E-state index is 0.316. The Morgan fingerprint density at radius 1 is 0.754 bits per heavy atom. The number of aliphatic imine (C=N–C) groups is 1. The van der Waals surface area contributed by atoms with Gasteiger partial charge < -0.3 is 19.9 Å². The molecular formula is C41H47ClN10O3S2. The SMILES string of the molecule is COc1cc2c(cc1Nc1ncnc3sc4c(c13)CCN(CCCN1CCCC1=O)C4)C=NC2.O=C1CCCN1CCCN1CCc2c(sc3ncnc(Cl)c23)C1. The summed E-state index contributed by atoms with van der Waals surface area (Å²) < 4.78 is 5.65. The van der Waals surface area contributed by atoms with Crippen LogP contribution >= 0.6 is 34.3 Å². The summed E-state index contributed by atoms with van der Waals surface area (Å²) in [6.07, 6.45) is 12.6.